The lowest BCUT2D eigenvalue weighted by molar-refractivity contribution is -0.123. The summed E-state index contributed by atoms with van der Waals surface area (Å²) < 4.78 is 5.78. The van der Waals surface area contributed by atoms with Crippen LogP contribution in [0.4, 0.5) is 0 Å². The number of thioether (sulfide) groups is 1. The van der Waals surface area contributed by atoms with Crippen LogP contribution >= 0.6 is 11.8 Å². The summed E-state index contributed by atoms with van der Waals surface area (Å²) in [5, 5.41) is 6.10. The first-order chi connectivity index (χ1) is 17.4. The van der Waals surface area contributed by atoms with Crippen molar-refractivity contribution in [3.05, 3.63) is 69.3 Å². The van der Waals surface area contributed by atoms with Gasteiger partial charge in [0.15, 0.2) is 10.9 Å². The van der Waals surface area contributed by atoms with Gasteiger partial charge in [-0.05, 0) is 42.9 Å². The number of aromatic nitrogens is 2. The van der Waals surface area contributed by atoms with Crippen molar-refractivity contribution in [2.45, 2.75) is 50.1 Å². The number of H-pyrrole nitrogens is 1. The minimum Gasteiger partial charge on any atom is -0.451 e. The third-order valence-corrected chi connectivity index (χ3v) is 6.99. The van der Waals surface area contributed by atoms with Gasteiger partial charge >= 0.3 is 0 Å². The Bertz CT molecular complexity index is 1280. The number of amides is 2. The molecule has 1 aliphatic rings. The predicted molar refractivity (Wildman–Crippen MR) is 139 cm³/mol. The number of hydrogen-bond donors (Lipinski definition) is 4. The minimum atomic E-state index is -0.690. The lowest BCUT2D eigenvalue weighted by atomic mass is 10.0. The standard InChI is InChI=1S/C26H31N5O4S/c1-15(2)22(25(34)28-13-12-27)30-24(33)21-11-10-20(35-21)17-8-6-16(7-9-17)14-36-26-29-19-5-3-4-18(19)23(32)31-26/h6-11,15,22H,3-5,12-14,27H2,1-2H3,(H,28,34)(H,30,33)(H,29,31,32)/t22-/m0/s1. The van der Waals surface area contributed by atoms with E-state index in [0.717, 1.165) is 41.6 Å². The van der Waals surface area contributed by atoms with E-state index in [1.54, 1.807) is 12.1 Å². The fraction of sp³-hybridized carbons (Fsp3) is 0.385. The summed E-state index contributed by atoms with van der Waals surface area (Å²) in [4.78, 5) is 44.7. The van der Waals surface area contributed by atoms with Crippen LogP contribution in [0.5, 0.6) is 0 Å². The number of carbonyl (C=O) groups excluding carboxylic acids is 2. The average Bonchev–Trinajstić information content (AvgIpc) is 3.55. The van der Waals surface area contributed by atoms with Gasteiger partial charge in [0.1, 0.15) is 11.8 Å². The normalized spacial score (nSPS) is 13.4. The van der Waals surface area contributed by atoms with Crippen molar-refractivity contribution in [3.63, 3.8) is 0 Å². The number of carbonyl (C=O) groups is 2. The maximum absolute atomic E-state index is 12.7. The first kappa shape index (κ1) is 25.7. The average molecular weight is 510 g/mol. The van der Waals surface area contributed by atoms with Crippen LogP contribution in [0.3, 0.4) is 0 Å². The van der Waals surface area contributed by atoms with E-state index in [1.807, 2.05) is 38.1 Å². The molecule has 0 unspecified atom stereocenters. The molecule has 2 amide bonds. The second-order valence-corrected chi connectivity index (χ2v) is 10.0. The fourth-order valence-corrected chi connectivity index (χ4v) is 4.91. The summed E-state index contributed by atoms with van der Waals surface area (Å²) in [7, 11) is 0. The molecule has 9 nitrogen and oxygen atoms in total. The van der Waals surface area contributed by atoms with E-state index in [9.17, 15) is 14.4 Å². The van der Waals surface area contributed by atoms with Gasteiger partial charge in [-0.3, -0.25) is 14.4 Å². The van der Waals surface area contributed by atoms with Gasteiger partial charge in [-0.2, -0.15) is 0 Å². The van der Waals surface area contributed by atoms with E-state index in [1.165, 1.54) is 11.8 Å². The molecule has 2 aromatic heterocycles. The summed E-state index contributed by atoms with van der Waals surface area (Å²) in [5.74, 6) is 0.522. The Labute approximate surface area is 213 Å². The van der Waals surface area contributed by atoms with Crippen molar-refractivity contribution in [2.24, 2.45) is 11.7 Å². The Morgan fingerprint density at radius 2 is 1.94 bits per heavy atom. The summed E-state index contributed by atoms with van der Waals surface area (Å²) >= 11 is 1.50. The predicted octanol–water partition coefficient (Wildman–Crippen LogP) is 2.64. The van der Waals surface area contributed by atoms with E-state index in [0.29, 0.717) is 29.8 Å². The number of nitrogens with two attached hydrogens (primary N) is 1. The van der Waals surface area contributed by atoms with Crippen LogP contribution < -0.4 is 21.9 Å². The smallest absolute Gasteiger partial charge is 0.287 e. The third kappa shape index (κ3) is 6.06. The van der Waals surface area contributed by atoms with E-state index in [-0.39, 0.29) is 23.1 Å². The second-order valence-electron chi connectivity index (χ2n) is 9.07. The highest BCUT2D eigenvalue weighted by atomic mass is 32.2. The van der Waals surface area contributed by atoms with Gasteiger partial charge in [0.05, 0.1) is 5.69 Å². The zero-order valence-electron chi connectivity index (χ0n) is 20.4. The van der Waals surface area contributed by atoms with Crippen LogP contribution in [0.25, 0.3) is 11.3 Å². The zero-order chi connectivity index (χ0) is 25.7. The summed E-state index contributed by atoms with van der Waals surface area (Å²) in [6.45, 7) is 4.39. The first-order valence-corrected chi connectivity index (χ1v) is 13.1. The van der Waals surface area contributed by atoms with Crippen molar-refractivity contribution in [2.75, 3.05) is 13.1 Å². The maximum atomic E-state index is 12.7. The number of aryl methyl sites for hydroxylation is 1. The minimum absolute atomic E-state index is 0.0242. The van der Waals surface area contributed by atoms with Gasteiger partial charge in [-0.1, -0.05) is 49.9 Å². The van der Waals surface area contributed by atoms with Crippen molar-refractivity contribution < 1.29 is 14.0 Å². The summed E-state index contributed by atoms with van der Waals surface area (Å²) in [5.41, 5.74) is 9.06. The quantitative estimate of drug-likeness (QED) is 0.243. The van der Waals surface area contributed by atoms with Crippen LogP contribution in [-0.2, 0) is 23.4 Å². The van der Waals surface area contributed by atoms with Gasteiger partial charge in [0.25, 0.3) is 11.5 Å². The SMILES string of the molecule is CC(C)[C@H](NC(=O)c1ccc(-c2ccc(CSc3nc4c(c(=O)[nH]3)CCC4)cc2)o1)C(=O)NCCN. The molecule has 1 aliphatic carbocycles. The molecule has 3 aromatic rings. The molecule has 0 spiro atoms. The van der Waals surface area contributed by atoms with Crippen LogP contribution in [-0.4, -0.2) is 40.9 Å². The number of benzene rings is 1. The molecule has 0 saturated carbocycles. The molecule has 0 radical (unpaired) electrons. The monoisotopic (exact) mass is 509 g/mol. The number of furan rings is 1. The third-order valence-electron chi connectivity index (χ3n) is 6.04. The Morgan fingerprint density at radius 3 is 2.67 bits per heavy atom. The van der Waals surface area contributed by atoms with E-state index < -0.39 is 11.9 Å². The van der Waals surface area contributed by atoms with Gasteiger partial charge in [0.2, 0.25) is 5.91 Å². The fourth-order valence-electron chi connectivity index (χ4n) is 4.07. The first-order valence-electron chi connectivity index (χ1n) is 12.1. The number of nitrogens with zero attached hydrogens (tertiary/aromatic N) is 1. The summed E-state index contributed by atoms with van der Waals surface area (Å²) in [6, 6.07) is 10.4. The molecule has 0 aliphatic heterocycles. The molecular weight excluding hydrogens is 478 g/mol. The molecule has 2 heterocycles. The lowest BCUT2D eigenvalue weighted by Crippen LogP contribution is -2.50. The molecule has 1 aromatic carbocycles. The highest BCUT2D eigenvalue weighted by molar-refractivity contribution is 7.98. The van der Waals surface area contributed by atoms with Crippen LogP contribution in [0.1, 0.15) is 47.6 Å². The van der Waals surface area contributed by atoms with E-state index >= 15 is 0 Å². The Kier molecular flexibility index (Phi) is 8.27. The summed E-state index contributed by atoms with van der Waals surface area (Å²) in [6.07, 6.45) is 2.66. The lowest BCUT2D eigenvalue weighted by Gasteiger charge is -2.21. The Balaban J connectivity index is 1.37. The molecule has 1 atom stereocenters. The van der Waals surface area contributed by atoms with Crippen molar-refractivity contribution in [3.8, 4) is 11.3 Å². The molecule has 0 saturated heterocycles. The second kappa shape index (κ2) is 11.6. The molecule has 10 heteroatoms. The number of aromatic amines is 1. The molecular formula is C26H31N5O4S. The van der Waals surface area contributed by atoms with Crippen molar-refractivity contribution >= 4 is 23.6 Å². The molecule has 5 N–H and O–H groups in total. The number of nitrogens with one attached hydrogen (secondary N) is 3. The van der Waals surface area contributed by atoms with Gasteiger partial charge < -0.3 is 25.8 Å². The van der Waals surface area contributed by atoms with Crippen molar-refractivity contribution in [1.82, 2.24) is 20.6 Å². The molecule has 190 valence electrons. The van der Waals surface area contributed by atoms with Crippen LogP contribution in [0.15, 0.2) is 50.8 Å². The number of hydrogen-bond acceptors (Lipinski definition) is 7. The number of fused-ring (bicyclic) bond motifs is 1. The van der Waals surface area contributed by atoms with E-state index in [2.05, 4.69) is 20.6 Å². The van der Waals surface area contributed by atoms with E-state index in [4.69, 9.17) is 10.2 Å². The van der Waals surface area contributed by atoms with Crippen LogP contribution in [0, 0.1) is 5.92 Å². The Morgan fingerprint density at radius 1 is 1.17 bits per heavy atom. The molecule has 0 fully saturated rings. The maximum Gasteiger partial charge on any atom is 0.287 e. The van der Waals surface area contributed by atoms with Crippen molar-refractivity contribution in [1.29, 1.82) is 0 Å². The molecule has 36 heavy (non-hydrogen) atoms. The van der Waals surface area contributed by atoms with Crippen LogP contribution in [0.2, 0.25) is 0 Å². The Hall–Kier alpha value is -3.37. The highest BCUT2D eigenvalue weighted by Gasteiger charge is 2.25. The zero-order valence-corrected chi connectivity index (χ0v) is 21.2. The molecule has 4 rings (SSSR count). The van der Waals surface area contributed by atoms with Gasteiger partial charge in [0, 0.05) is 30.0 Å². The van der Waals surface area contributed by atoms with Gasteiger partial charge in [-0.25, -0.2) is 4.98 Å². The topological polar surface area (TPSA) is 143 Å². The highest BCUT2D eigenvalue weighted by Crippen LogP contribution is 2.26. The largest absolute Gasteiger partial charge is 0.451 e. The molecule has 0 bridgehead atoms. The van der Waals surface area contributed by atoms with Gasteiger partial charge in [-0.15, -0.1) is 0 Å². The number of rotatable bonds is 10.